The summed E-state index contributed by atoms with van der Waals surface area (Å²) >= 11 is 1.41. The predicted octanol–water partition coefficient (Wildman–Crippen LogP) is 3.53. The number of rotatable bonds is 6. The number of para-hydroxylation sites is 1. The zero-order chi connectivity index (χ0) is 18.5. The zero-order valence-corrected chi connectivity index (χ0v) is 15.4. The molecule has 0 bridgehead atoms. The number of carbonyl (C=O) groups is 2. The van der Waals surface area contributed by atoms with E-state index in [1.807, 2.05) is 42.6 Å². The van der Waals surface area contributed by atoms with Crippen molar-refractivity contribution in [2.75, 3.05) is 5.32 Å². The van der Waals surface area contributed by atoms with Gasteiger partial charge in [-0.2, -0.15) is 0 Å². The molecule has 2 amide bonds. The van der Waals surface area contributed by atoms with E-state index in [1.54, 1.807) is 6.07 Å². The lowest BCUT2D eigenvalue weighted by Crippen LogP contribution is -2.18. The number of anilines is 1. The molecule has 6 nitrogen and oxygen atoms in total. The van der Waals surface area contributed by atoms with Crippen molar-refractivity contribution < 1.29 is 14.0 Å². The molecular formula is C19H19N3O3S. The summed E-state index contributed by atoms with van der Waals surface area (Å²) in [5, 5.41) is 8.16. The number of benzene rings is 1. The number of nitrogens with zero attached hydrogens (tertiary/aromatic N) is 1. The van der Waals surface area contributed by atoms with Crippen LogP contribution >= 0.6 is 11.3 Å². The minimum atomic E-state index is -0.112. The fourth-order valence-electron chi connectivity index (χ4n) is 2.37. The second kappa shape index (κ2) is 7.97. The van der Waals surface area contributed by atoms with E-state index in [-0.39, 0.29) is 18.2 Å². The van der Waals surface area contributed by atoms with Gasteiger partial charge >= 0.3 is 0 Å². The molecule has 0 fully saturated rings. The molecule has 0 radical (unpaired) electrons. The maximum atomic E-state index is 12.2. The summed E-state index contributed by atoms with van der Waals surface area (Å²) in [5.41, 5.74) is 2.51. The first-order valence-corrected chi connectivity index (χ1v) is 9.02. The number of aryl methyl sites for hydroxylation is 1. The first-order valence-electron chi connectivity index (χ1n) is 8.14. The lowest BCUT2D eigenvalue weighted by molar-refractivity contribution is -0.119. The fourth-order valence-corrected chi connectivity index (χ4v) is 3.15. The molecule has 26 heavy (non-hydrogen) atoms. The molecule has 134 valence electrons. The highest BCUT2D eigenvalue weighted by molar-refractivity contribution is 7.10. The van der Waals surface area contributed by atoms with Crippen LogP contribution in [0.2, 0.25) is 0 Å². The molecule has 2 heterocycles. The first-order chi connectivity index (χ1) is 12.5. The second-order valence-electron chi connectivity index (χ2n) is 5.84. The van der Waals surface area contributed by atoms with E-state index in [0.29, 0.717) is 28.8 Å². The van der Waals surface area contributed by atoms with Gasteiger partial charge in [0.25, 0.3) is 0 Å². The van der Waals surface area contributed by atoms with Crippen LogP contribution in [-0.2, 0) is 22.6 Å². The van der Waals surface area contributed by atoms with Gasteiger partial charge in [0.05, 0.1) is 13.0 Å². The monoisotopic (exact) mass is 369 g/mol. The molecule has 0 atom stereocenters. The Morgan fingerprint density at radius 1 is 1.19 bits per heavy atom. The third-order valence-corrected chi connectivity index (χ3v) is 4.56. The highest BCUT2D eigenvalue weighted by Gasteiger charge is 2.12. The quantitative estimate of drug-likeness (QED) is 0.696. The van der Waals surface area contributed by atoms with Crippen LogP contribution in [0.3, 0.4) is 0 Å². The average molecular weight is 369 g/mol. The summed E-state index contributed by atoms with van der Waals surface area (Å²) in [6, 6.07) is 11.3. The van der Waals surface area contributed by atoms with Crippen molar-refractivity contribution in [2.24, 2.45) is 0 Å². The molecule has 3 aromatic rings. The lowest BCUT2D eigenvalue weighted by Gasteiger charge is -2.06. The minimum Gasteiger partial charge on any atom is -0.458 e. The number of furan rings is 1. The summed E-state index contributed by atoms with van der Waals surface area (Å²) in [6.07, 6.45) is 0.207. The van der Waals surface area contributed by atoms with E-state index in [9.17, 15) is 9.59 Å². The lowest BCUT2D eigenvalue weighted by atomic mass is 10.2. The number of hydrogen-bond acceptors (Lipinski definition) is 5. The molecule has 0 spiro atoms. The Balaban J connectivity index is 1.62. The molecule has 0 unspecified atom stereocenters. The third-order valence-electron chi connectivity index (χ3n) is 3.71. The number of hydrogen-bond donors (Lipinski definition) is 2. The van der Waals surface area contributed by atoms with E-state index < -0.39 is 0 Å². The smallest absolute Gasteiger partial charge is 0.231 e. The van der Waals surface area contributed by atoms with Gasteiger partial charge in [-0.3, -0.25) is 9.59 Å². The van der Waals surface area contributed by atoms with Crippen molar-refractivity contribution in [3.05, 3.63) is 58.1 Å². The maximum absolute atomic E-state index is 12.2. The average Bonchev–Trinajstić information content (AvgIpc) is 3.24. The zero-order valence-electron chi connectivity index (χ0n) is 14.5. The maximum Gasteiger partial charge on any atom is 0.231 e. The Kier molecular flexibility index (Phi) is 5.48. The molecule has 2 aromatic heterocycles. The van der Waals surface area contributed by atoms with Crippen molar-refractivity contribution in [3.63, 3.8) is 0 Å². The van der Waals surface area contributed by atoms with Crippen LogP contribution in [0.4, 0.5) is 5.69 Å². The molecule has 7 heteroatoms. The van der Waals surface area contributed by atoms with Crippen LogP contribution < -0.4 is 10.6 Å². The highest BCUT2D eigenvalue weighted by atomic mass is 32.1. The van der Waals surface area contributed by atoms with Crippen LogP contribution in [0, 0.1) is 6.92 Å². The molecule has 0 aliphatic heterocycles. The molecule has 1 aromatic carbocycles. The summed E-state index contributed by atoms with van der Waals surface area (Å²) in [6.45, 7) is 3.75. The van der Waals surface area contributed by atoms with Crippen LogP contribution in [0.25, 0.3) is 11.5 Å². The normalized spacial score (nSPS) is 10.5. The van der Waals surface area contributed by atoms with Gasteiger partial charge in [-0.25, -0.2) is 4.98 Å². The van der Waals surface area contributed by atoms with Gasteiger partial charge in [0, 0.05) is 18.0 Å². The Hall–Kier alpha value is -2.93. The van der Waals surface area contributed by atoms with Crippen LogP contribution in [-0.4, -0.2) is 16.8 Å². The van der Waals surface area contributed by atoms with Crippen LogP contribution in [0.5, 0.6) is 0 Å². The van der Waals surface area contributed by atoms with E-state index in [0.717, 1.165) is 11.3 Å². The number of amides is 2. The molecule has 0 aliphatic carbocycles. The van der Waals surface area contributed by atoms with Crippen molar-refractivity contribution >= 4 is 28.8 Å². The molecule has 0 saturated carbocycles. The molecule has 0 saturated heterocycles. The van der Waals surface area contributed by atoms with E-state index in [2.05, 4.69) is 15.6 Å². The molecule has 3 rings (SSSR count). The number of nitrogens with one attached hydrogen (secondary N) is 2. The summed E-state index contributed by atoms with van der Waals surface area (Å²) in [4.78, 5) is 27.6. The van der Waals surface area contributed by atoms with Crippen molar-refractivity contribution in [1.29, 1.82) is 0 Å². The Morgan fingerprint density at radius 2 is 2.00 bits per heavy atom. The fraction of sp³-hybridized carbons (Fsp3) is 0.211. The Bertz CT molecular complexity index is 930. The summed E-state index contributed by atoms with van der Waals surface area (Å²) < 4.78 is 5.68. The van der Waals surface area contributed by atoms with Gasteiger partial charge in [0.2, 0.25) is 11.8 Å². The van der Waals surface area contributed by atoms with Gasteiger partial charge in [0.1, 0.15) is 16.5 Å². The van der Waals surface area contributed by atoms with E-state index >= 15 is 0 Å². The van der Waals surface area contributed by atoms with E-state index in [1.165, 1.54) is 18.3 Å². The molecular weight excluding hydrogens is 350 g/mol. The number of aromatic nitrogens is 1. The molecule has 0 aliphatic rings. The van der Waals surface area contributed by atoms with Crippen molar-refractivity contribution in [3.8, 4) is 11.5 Å². The van der Waals surface area contributed by atoms with Gasteiger partial charge in [-0.05, 0) is 30.7 Å². The van der Waals surface area contributed by atoms with Crippen LogP contribution in [0.1, 0.15) is 23.3 Å². The van der Waals surface area contributed by atoms with Crippen molar-refractivity contribution in [1.82, 2.24) is 10.3 Å². The standard InChI is InChI=1S/C19H19N3O3S/c1-12-5-3-4-6-15(12)21-18(24)9-19-22-16(11-26-19)17-8-7-14(25-17)10-20-13(2)23/h3-8,11H,9-10H2,1-2H3,(H,20,23)(H,21,24). The summed E-state index contributed by atoms with van der Waals surface area (Å²) in [5.74, 6) is 1.05. The molecule has 2 N–H and O–H groups in total. The van der Waals surface area contributed by atoms with Gasteiger partial charge < -0.3 is 15.1 Å². The number of thiazole rings is 1. The van der Waals surface area contributed by atoms with Gasteiger partial charge in [-0.15, -0.1) is 11.3 Å². The Labute approximate surface area is 155 Å². The third kappa shape index (κ3) is 4.58. The van der Waals surface area contributed by atoms with Gasteiger partial charge in [0.15, 0.2) is 5.76 Å². The van der Waals surface area contributed by atoms with E-state index in [4.69, 9.17) is 4.42 Å². The van der Waals surface area contributed by atoms with Crippen LogP contribution in [0.15, 0.2) is 46.2 Å². The largest absolute Gasteiger partial charge is 0.458 e. The summed E-state index contributed by atoms with van der Waals surface area (Å²) in [7, 11) is 0. The second-order valence-corrected chi connectivity index (χ2v) is 6.78. The predicted molar refractivity (Wildman–Crippen MR) is 101 cm³/mol. The first kappa shape index (κ1) is 17.9. The number of carbonyl (C=O) groups excluding carboxylic acids is 2. The topological polar surface area (TPSA) is 84.2 Å². The highest BCUT2D eigenvalue weighted by Crippen LogP contribution is 2.24. The Morgan fingerprint density at radius 3 is 2.77 bits per heavy atom. The van der Waals surface area contributed by atoms with Gasteiger partial charge in [-0.1, -0.05) is 18.2 Å². The SMILES string of the molecule is CC(=O)NCc1ccc(-c2csc(CC(=O)Nc3ccccc3C)n2)o1. The van der Waals surface area contributed by atoms with Crippen molar-refractivity contribution in [2.45, 2.75) is 26.8 Å². The minimum absolute atomic E-state index is 0.106.